The van der Waals surface area contributed by atoms with Gasteiger partial charge in [-0.2, -0.15) is 0 Å². The van der Waals surface area contributed by atoms with Gasteiger partial charge in [0.25, 0.3) is 11.9 Å². The summed E-state index contributed by atoms with van der Waals surface area (Å²) in [5.74, 6) is -1.67. The van der Waals surface area contributed by atoms with Crippen LogP contribution in [-0.2, 0) is 35.4 Å². The van der Waals surface area contributed by atoms with E-state index in [2.05, 4.69) is 140 Å². The summed E-state index contributed by atoms with van der Waals surface area (Å²) < 4.78 is 0. The first kappa shape index (κ1) is 37.7. The number of rotatable bonds is 9. The molecule has 5 aromatic rings. The van der Waals surface area contributed by atoms with Crippen LogP contribution in [-0.4, -0.2) is 39.5 Å². The summed E-state index contributed by atoms with van der Waals surface area (Å²) in [5.41, 5.74) is 1.08. The first-order valence-corrected chi connectivity index (χ1v) is 17.3. The van der Waals surface area contributed by atoms with E-state index in [0.717, 1.165) is 26.2 Å². The van der Waals surface area contributed by atoms with E-state index in [1.165, 1.54) is 26.9 Å². The molecule has 0 bridgehead atoms. The third kappa shape index (κ3) is 12.8. The molecule has 5 rings (SSSR count). The Morgan fingerprint density at radius 2 is 0.822 bits per heavy atom. The predicted molar refractivity (Wildman–Crippen MR) is 186 cm³/mol. The van der Waals surface area contributed by atoms with Gasteiger partial charge >= 0.3 is 0 Å². The minimum atomic E-state index is -0.833. The maximum absolute atomic E-state index is 9.00. The number of carboxylic acid groups (broad SMARTS) is 2. The molecule has 0 unspecified atom stereocenters. The van der Waals surface area contributed by atoms with E-state index < -0.39 is 27.8 Å². The molecule has 236 valence electrons. The predicted octanol–water partition coefficient (Wildman–Crippen LogP) is 6.78. The van der Waals surface area contributed by atoms with Crippen molar-refractivity contribution in [2.24, 2.45) is 0 Å². The number of nitrogens with zero attached hydrogens (tertiary/aromatic N) is 1. The summed E-state index contributed by atoms with van der Waals surface area (Å²) in [4.78, 5) is 23.0. The number of aromatic nitrogens is 1. The molecule has 0 atom stereocenters. The molecule has 1 heterocycles. The molecule has 0 aliphatic carbocycles. The van der Waals surface area contributed by atoms with Gasteiger partial charge in [0.1, 0.15) is 0 Å². The third-order valence-corrected chi connectivity index (χ3v) is 12.3. The largest absolute Gasteiger partial charge is 0.481 e. The Balaban J connectivity index is 0.000000704. The molecule has 0 aliphatic rings. The van der Waals surface area contributed by atoms with Crippen molar-refractivity contribution in [3.8, 4) is 0 Å². The van der Waals surface area contributed by atoms with E-state index in [4.69, 9.17) is 24.8 Å². The molecule has 0 saturated heterocycles. The van der Waals surface area contributed by atoms with Crippen molar-refractivity contribution in [3.63, 3.8) is 0 Å². The van der Waals surface area contributed by atoms with Crippen molar-refractivity contribution in [2.75, 3.05) is 12.3 Å². The van der Waals surface area contributed by atoms with Crippen LogP contribution < -0.4 is 21.2 Å². The van der Waals surface area contributed by atoms with Gasteiger partial charge in [0.2, 0.25) is 0 Å². The molecule has 5 nitrogen and oxygen atoms in total. The molecule has 8 heteroatoms. The van der Waals surface area contributed by atoms with Gasteiger partial charge in [0.15, 0.2) is 0 Å². The minimum absolute atomic E-state index is 0. The van der Waals surface area contributed by atoms with Crippen molar-refractivity contribution >= 4 is 49.0 Å². The topological polar surface area (TPSA) is 87.5 Å². The first-order chi connectivity index (χ1) is 21.2. The van der Waals surface area contributed by atoms with Crippen LogP contribution in [0.3, 0.4) is 0 Å². The molecular weight excluding hydrogens is 691 g/mol. The van der Waals surface area contributed by atoms with E-state index in [1.54, 1.807) is 0 Å². The Hall–Kier alpha value is -3.51. The number of aliphatic carboxylic acids is 2. The van der Waals surface area contributed by atoms with Crippen LogP contribution in [0.15, 0.2) is 146 Å². The molecule has 0 fully saturated rings. The SMILES string of the molecule is CC(=O)O.CC(=O)O.CC(CP(c1ccccc1)c1ccccc1)(CP(c1ccccc1)c1ccccc1)c1ccccn1.[Pd]. The molecule has 0 aliphatic heterocycles. The Kier molecular flexibility index (Phi) is 16.6. The van der Waals surface area contributed by atoms with Crippen LogP contribution in [0.1, 0.15) is 26.5 Å². The monoisotopic (exact) mass is 729 g/mol. The smallest absolute Gasteiger partial charge is 0.300 e. The normalized spacial score (nSPS) is 10.4. The molecule has 0 amide bonds. The van der Waals surface area contributed by atoms with Gasteiger partial charge in [-0.3, -0.25) is 14.6 Å². The average Bonchev–Trinajstić information content (AvgIpc) is 3.04. The zero-order chi connectivity index (χ0) is 31.8. The Bertz CT molecular complexity index is 1360. The molecule has 1 aromatic heterocycles. The van der Waals surface area contributed by atoms with Crippen LogP contribution in [0.5, 0.6) is 0 Å². The van der Waals surface area contributed by atoms with E-state index in [1.807, 2.05) is 12.3 Å². The molecular formula is C37H39NO4P2Pd. The summed E-state index contributed by atoms with van der Waals surface area (Å²) >= 11 is 0. The number of benzene rings is 4. The standard InChI is InChI=1S/C33H31NP2.2C2H4O2.Pd/c1-33(32-24-14-15-25-34-32,26-35(28-16-6-2-7-17-28)29-18-8-3-9-19-29)27-36(30-20-10-4-11-21-30)31-22-12-5-13-23-31;2*1-2(3)4;/h2-25H,26-27H2,1H3;2*1H3,(H,3,4);. The van der Waals surface area contributed by atoms with Crippen molar-refractivity contribution in [3.05, 3.63) is 151 Å². The summed E-state index contributed by atoms with van der Waals surface area (Å²) in [7, 11) is -1.12. The van der Waals surface area contributed by atoms with Gasteiger partial charge < -0.3 is 10.2 Å². The molecule has 4 aromatic carbocycles. The van der Waals surface area contributed by atoms with Gasteiger partial charge in [-0.05, 0) is 61.5 Å². The first-order valence-electron chi connectivity index (χ1n) is 14.3. The van der Waals surface area contributed by atoms with E-state index >= 15 is 0 Å². The van der Waals surface area contributed by atoms with Crippen LogP contribution in [0, 0.1) is 0 Å². The minimum Gasteiger partial charge on any atom is -0.481 e. The Morgan fingerprint density at radius 3 is 1.07 bits per heavy atom. The zero-order valence-corrected chi connectivity index (χ0v) is 29.0. The molecule has 0 saturated carbocycles. The summed E-state index contributed by atoms with van der Waals surface area (Å²) in [6.07, 6.45) is 4.05. The average molecular weight is 730 g/mol. The van der Waals surface area contributed by atoms with Crippen molar-refractivity contribution in [1.29, 1.82) is 0 Å². The van der Waals surface area contributed by atoms with Crippen molar-refractivity contribution in [2.45, 2.75) is 26.2 Å². The molecule has 2 N–H and O–H groups in total. The van der Waals surface area contributed by atoms with Crippen LogP contribution in [0.4, 0.5) is 0 Å². The van der Waals surface area contributed by atoms with Crippen LogP contribution >= 0.6 is 15.8 Å². The van der Waals surface area contributed by atoms with Gasteiger partial charge in [0.05, 0.1) is 0 Å². The fourth-order valence-electron chi connectivity index (χ4n) is 4.72. The van der Waals surface area contributed by atoms with E-state index in [-0.39, 0.29) is 25.8 Å². The van der Waals surface area contributed by atoms with Gasteiger partial charge in [-0.1, -0.05) is 134 Å². The van der Waals surface area contributed by atoms with E-state index in [0.29, 0.717) is 0 Å². The number of pyridine rings is 1. The van der Waals surface area contributed by atoms with Gasteiger partial charge in [0, 0.05) is 51.6 Å². The van der Waals surface area contributed by atoms with Crippen molar-refractivity contribution < 1.29 is 40.2 Å². The second-order valence-corrected chi connectivity index (χ2v) is 14.7. The Labute approximate surface area is 283 Å². The fraction of sp³-hybridized carbons (Fsp3) is 0.162. The molecule has 0 spiro atoms. The van der Waals surface area contributed by atoms with Crippen molar-refractivity contribution in [1.82, 2.24) is 4.98 Å². The second-order valence-electron chi connectivity index (χ2n) is 10.3. The molecule has 0 radical (unpaired) electrons. The van der Waals surface area contributed by atoms with Crippen LogP contribution in [0.2, 0.25) is 0 Å². The second kappa shape index (κ2) is 19.8. The maximum Gasteiger partial charge on any atom is 0.300 e. The zero-order valence-electron chi connectivity index (χ0n) is 25.6. The number of carboxylic acids is 2. The summed E-state index contributed by atoms with van der Waals surface area (Å²) in [5, 5.41) is 20.5. The van der Waals surface area contributed by atoms with Gasteiger partial charge in [-0.15, -0.1) is 0 Å². The Morgan fingerprint density at radius 1 is 0.556 bits per heavy atom. The molecule has 45 heavy (non-hydrogen) atoms. The maximum atomic E-state index is 9.00. The number of hydrogen-bond donors (Lipinski definition) is 2. The summed E-state index contributed by atoms with van der Waals surface area (Å²) in [6, 6.07) is 50.6. The van der Waals surface area contributed by atoms with Crippen LogP contribution in [0.25, 0.3) is 0 Å². The summed E-state index contributed by atoms with van der Waals surface area (Å²) in [6.45, 7) is 4.61. The number of carbonyl (C=O) groups is 2. The quantitative estimate of drug-likeness (QED) is 0.129. The fourth-order valence-corrected chi connectivity index (χ4v) is 10.3. The van der Waals surface area contributed by atoms with E-state index in [9.17, 15) is 0 Å². The van der Waals surface area contributed by atoms with Gasteiger partial charge in [-0.25, -0.2) is 0 Å². The number of hydrogen-bond acceptors (Lipinski definition) is 3. The third-order valence-electron chi connectivity index (χ3n) is 6.57.